The summed E-state index contributed by atoms with van der Waals surface area (Å²) in [6.07, 6.45) is -3.07. The summed E-state index contributed by atoms with van der Waals surface area (Å²) in [7, 11) is 0. The highest BCUT2D eigenvalue weighted by atomic mass is 19.4. The van der Waals surface area contributed by atoms with Crippen molar-refractivity contribution >= 4 is 5.82 Å². The van der Waals surface area contributed by atoms with E-state index in [1.807, 2.05) is 0 Å². The highest BCUT2D eigenvalue weighted by Crippen LogP contribution is 2.26. The van der Waals surface area contributed by atoms with E-state index in [4.69, 9.17) is 4.52 Å². The monoisotopic (exact) mass is 325 g/mol. The van der Waals surface area contributed by atoms with Gasteiger partial charge in [0, 0.05) is 6.20 Å². The second-order valence-corrected chi connectivity index (χ2v) is 4.50. The number of alkyl halides is 3. The van der Waals surface area contributed by atoms with Crippen molar-refractivity contribution in [3.05, 3.63) is 35.8 Å². The number of rotatable bonds is 4. The van der Waals surface area contributed by atoms with Crippen molar-refractivity contribution in [3.63, 3.8) is 0 Å². The predicted octanol–water partition coefficient (Wildman–Crippen LogP) is 2.19. The molecule has 0 aromatic carbocycles. The van der Waals surface area contributed by atoms with Gasteiger partial charge < -0.3 is 9.84 Å². The molecule has 0 spiro atoms. The van der Waals surface area contributed by atoms with E-state index in [0.717, 1.165) is 0 Å². The standard InChI is InChI=1S/C12H10F3N7O/c1-6-18-10(23-22-6)7-3-2-4-16-9(7)17-5-8-19-11(21-20-8)12(13,14)15/h2-4H,5H2,1H3,(H,16,17)(H,19,20,21). The zero-order valence-electron chi connectivity index (χ0n) is 11.7. The Morgan fingerprint density at radius 3 is 2.78 bits per heavy atom. The van der Waals surface area contributed by atoms with Gasteiger partial charge in [0.15, 0.2) is 5.82 Å². The Bertz CT molecular complexity index is 811. The number of hydrogen-bond acceptors (Lipinski definition) is 7. The highest BCUT2D eigenvalue weighted by molar-refractivity contribution is 5.68. The van der Waals surface area contributed by atoms with Gasteiger partial charge in [0.1, 0.15) is 11.6 Å². The van der Waals surface area contributed by atoms with E-state index in [1.54, 1.807) is 19.1 Å². The van der Waals surface area contributed by atoms with E-state index in [0.29, 0.717) is 17.2 Å². The number of nitrogens with one attached hydrogen (secondary N) is 2. The molecule has 0 saturated heterocycles. The van der Waals surface area contributed by atoms with Gasteiger partial charge in [0.2, 0.25) is 0 Å². The Morgan fingerprint density at radius 1 is 1.30 bits per heavy atom. The van der Waals surface area contributed by atoms with Gasteiger partial charge in [-0.15, -0.1) is 5.10 Å². The summed E-state index contributed by atoms with van der Waals surface area (Å²) >= 11 is 0. The second kappa shape index (κ2) is 5.66. The fourth-order valence-corrected chi connectivity index (χ4v) is 1.79. The van der Waals surface area contributed by atoms with Crippen LogP contribution in [0.3, 0.4) is 0 Å². The SMILES string of the molecule is Cc1noc(-c2cccnc2NCc2nc(C(F)(F)F)n[nH]2)n1. The minimum absolute atomic E-state index is 0.0237. The van der Waals surface area contributed by atoms with Crippen molar-refractivity contribution in [2.75, 3.05) is 5.32 Å². The molecular formula is C12H10F3N7O. The third-order valence-electron chi connectivity index (χ3n) is 2.77. The average Bonchev–Trinajstić information content (AvgIpc) is 3.14. The van der Waals surface area contributed by atoms with Gasteiger partial charge in [0.25, 0.3) is 11.7 Å². The molecule has 8 nitrogen and oxygen atoms in total. The molecule has 3 aromatic rings. The molecule has 0 atom stereocenters. The van der Waals surface area contributed by atoms with E-state index in [1.165, 1.54) is 6.20 Å². The fraction of sp³-hybridized carbons (Fsp3) is 0.250. The fourth-order valence-electron chi connectivity index (χ4n) is 1.79. The van der Waals surface area contributed by atoms with Crippen LogP contribution < -0.4 is 5.32 Å². The first-order valence-corrected chi connectivity index (χ1v) is 6.41. The van der Waals surface area contributed by atoms with Crippen LogP contribution in [-0.2, 0) is 12.7 Å². The number of halogens is 3. The van der Waals surface area contributed by atoms with Crippen LogP contribution in [-0.4, -0.2) is 30.3 Å². The van der Waals surface area contributed by atoms with E-state index < -0.39 is 12.0 Å². The Morgan fingerprint density at radius 2 is 2.13 bits per heavy atom. The summed E-state index contributed by atoms with van der Waals surface area (Å²) in [4.78, 5) is 11.6. The summed E-state index contributed by atoms with van der Waals surface area (Å²) in [6, 6.07) is 3.38. The molecule has 0 aliphatic carbocycles. The van der Waals surface area contributed by atoms with Crippen LogP contribution in [0.25, 0.3) is 11.5 Å². The molecule has 0 unspecified atom stereocenters. The lowest BCUT2D eigenvalue weighted by Crippen LogP contribution is -2.08. The molecule has 0 saturated carbocycles. The van der Waals surface area contributed by atoms with Gasteiger partial charge in [-0.1, -0.05) is 5.16 Å². The first kappa shape index (κ1) is 14.9. The molecule has 0 bridgehead atoms. The zero-order chi connectivity index (χ0) is 16.4. The maximum absolute atomic E-state index is 12.4. The lowest BCUT2D eigenvalue weighted by atomic mass is 10.2. The predicted molar refractivity (Wildman–Crippen MR) is 71.0 cm³/mol. The number of aromatic amines is 1. The molecule has 2 N–H and O–H groups in total. The van der Waals surface area contributed by atoms with Crippen LogP contribution in [0, 0.1) is 6.92 Å². The first-order chi connectivity index (χ1) is 10.9. The topological polar surface area (TPSA) is 105 Å². The smallest absolute Gasteiger partial charge is 0.362 e. The van der Waals surface area contributed by atoms with Crippen LogP contribution in [0.5, 0.6) is 0 Å². The molecule has 0 fully saturated rings. The van der Waals surface area contributed by atoms with Gasteiger partial charge in [-0.2, -0.15) is 18.2 Å². The number of H-pyrrole nitrogens is 1. The average molecular weight is 325 g/mol. The van der Waals surface area contributed by atoms with E-state index in [9.17, 15) is 13.2 Å². The quantitative estimate of drug-likeness (QED) is 0.757. The molecule has 0 aliphatic rings. The summed E-state index contributed by atoms with van der Waals surface area (Å²) in [5.41, 5.74) is 0.531. The molecule has 120 valence electrons. The van der Waals surface area contributed by atoms with Crippen molar-refractivity contribution in [3.8, 4) is 11.5 Å². The maximum atomic E-state index is 12.4. The molecule has 0 radical (unpaired) electrons. The van der Waals surface area contributed by atoms with Crippen molar-refractivity contribution in [1.29, 1.82) is 0 Å². The van der Waals surface area contributed by atoms with Crippen molar-refractivity contribution in [2.45, 2.75) is 19.6 Å². The normalized spacial score (nSPS) is 11.7. The number of anilines is 1. The Kier molecular flexibility index (Phi) is 3.68. The number of aryl methyl sites for hydroxylation is 1. The lowest BCUT2D eigenvalue weighted by molar-refractivity contribution is -0.144. The maximum Gasteiger partial charge on any atom is 0.453 e. The van der Waals surface area contributed by atoms with E-state index in [-0.39, 0.29) is 18.3 Å². The molecule has 0 amide bonds. The molecule has 3 heterocycles. The van der Waals surface area contributed by atoms with Crippen molar-refractivity contribution in [1.82, 2.24) is 30.3 Å². The van der Waals surface area contributed by atoms with Crippen LogP contribution in [0.1, 0.15) is 17.5 Å². The second-order valence-electron chi connectivity index (χ2n) is 4.50. The molecule has 3 rings (SSSR count). The lowest BCUT2D eigenvalue weighted by Gasteiger charge is -2.06. The minimum Gasteiger partial charge on any atom is -0.362 e. The van der Waals surface area contributed by atoms with Crippen LogP contribution in [0.2, 0.25) is 0 Å². The molecule has 3 aromatic heterocycles. The Hall–Kier alpha value is -2.98. The van der Waals surface area contributed by atoms with Crippen LogP contribution in [0.15, 0.2) is 22.9 Å². The van der Waals surface area contributed by atoms with Crippen molar-refractivity contribution < 1.29 is 17.7 Å². The number of pyridine rings is 1. The molecule has 23 heavy (non-hydrogen) atoms. The number of aromatic nitrogens is 6. The van der Waals surface area contributed by atoms with Gasteiger partial charge in [0.05, 0.1) is 12.1 Å². The van der Waals surface area contributed by atoms with Crippen LogP contribution in [0.4, 0.5) is 19.0 Å². The third kappa shape index (κ3) is 3.27. The summed E-state index contributed by atoms with van der Waals surface area (Å²) in [6.45, 7) is 1.64. The zero-order valence-corrected chi connectivity index (χ0v) is 11.7. The summed E-state index contributed by atoms with van der Waals surface area (Å²) in [5.74, 6) is -0.105. The first-order valence-electron chi connectivity index (χ1n) is 6.41. The highest BCUT2D eigenvalue weighted by Gasteiger charge is 2.35. The van der Waals surface area contributed by atoms with Gasteiger partial charge >= 0.3 is 6.18 Å². The number of hydrogen-bond donors (Lipinski definition) is 2. The Labute approximate surface area is 127 Å². The third-order valence-corrected chi connectivity index (χ3v) is 2.77. The minimum atomic E-state index is -4.59. The number of nitrogens with zero attached hydrogens (tertiary/aromatic N) is 5. The van der Waals surface area contributed by atoms with E-state index >= 15 is 0 Å². The molecular weight excluding hydrogens is 315 g/mol. The molecule has 11 heteroatoms. The summed E-state index contributed by atoms with van der Waals surface area (Å²) < 4.78 is 42.4. The molecule has 0 aliphatic heterocycles. The van der Waals surface area contributed by atoms with Gasteiger partial charge in [-0.05, 0) is 19.1 Å². The van der Waals surface area contributed by atoms with Gasteiger partial charge in [-0.3, -0.25) is 5.10 Å². The van der Waals surface area contributed by atoms with Crippen LogP contribution >= 0.6 is 0 Å². The van der Waals surface area contributed by atoms with Crippen molar-refractivity contribution in [2.24, 2.45) is 0 Å². The Balaban J connectivity index is 1.78. The summed E-state index contributed by atoms with van der Waals surface area (Å²) in [5, 5.41) is 11.9. The van der Waals surface area contributed by atoms with Gasteiger partial charge in [-0.25, -0.2) is 9.97 Å². The largest absolute Gasteiger partial charge is 0.453 e. The van der Waals surface area contributed by atoms with E-state index in [2.05, 4.69) is 35.6 Å².